The first kappa shape index (κ1) is 26.7. The van der Waals surface area contributed by atoms with E-state index in [1.165, 1.54) is 0 Å². The van der Waals surface area contributed by atoms with Crippen LogP contribution in [0.1, 0.15) is 27.7 Å². The molecule has 0 aromatic rings. The lowest BCUT2D eigenvalue weighted by Gasteiger charge is -2.10. The van der Waals surface area contributed by atoms with E-state index in [-0.39, 0.29) is 43.6 Å². The van der Waals surface area contributed by atoms with E-state index in [4.69, 9.17) is 24.5 Å². The van der Waals surface area contributed by atoms with Gasteiger partial charge in [-0.15, -0.1) is 0 Å². The van der Waals surface area contributed by atoms with Crippen molar-refractivity contribution in [1.82, 2.24) is 0 Å². The zero-order valence-electron chi connectivity index (χ0n) is 15.7. The largest absolute Gasteiger partial charge is 0.480 e. The smallest absolute Gasteiger partial charge is 0.334 e. The van der Waals surface area contributed by atoms with Gasteiger partial charge < -0.3 is 29.2 Å². The van der Waals surface area contributed by atoms with Crippen molar-refractivity contribution in [3.63, 3.8) is 0 Å². The van der Waals surface area contributed by atoms with Crippen LogP contribution in [0.5, 0.6) is 0 Å². The van der Waals surface area contributed by atoms with Gasteiger partial charge in [0.2, 0.25) is 6.29 Å². The molecule has 1 atom stereocenters. The van der Waals surface area contributed by atoms with Gasteiger partial charge in [-0.3, -0.25) is 14.4 Å². The van der Waals surface area contributed by atoms with Crippen LogP contribution in [0.15, 0.2) is 0 Å². The summed E-state index contributed by atoms with van der Waals surface area (Å²) in [6.45, 7) is 5.89. The number of carboxylic acids is 1. The van der Waals surface area contributed by atoms with E-state index in [1.807, 2.05) is 0 Å². The van der Waals surface area contributed by atoms with Crippen LogP contribution in [0.25, 0.3) is 0 Å². The Morgan fingerprint density at radius 3 is 1.96 bits per heavy atom. The number of hydrogen-bond donors (Lipinski definition) is 2. The van der Waals surface area contributed by atoms with Gasteiger partial charge in [0.25, 0.3) is 0 Å². The van der Waals surface area contributed by atoms with Gasteiger partial charge in [0, 0.05) is 0 Å². The molecule has 27 heavy (non-hydrogen) atoms. The second-order valence-electron chi connectivity index (χ2n) is 5.52. The van der Waals surface area contributed by atoms with Gasteiger partial charge in [-0.25, -0.2) is 9.59 Å². The molecule has 1 aliphatic rings. The van der Waals surface area contributed by atoms with Crippen LogP contribution in [0.2, 0.25) is 0 Å². The van der Waals surface area contributed by atoms with Crippen molar-refractivity contribution < 1.29 is 53.1 Å². The van der Waals surface area contributed by atoms with E-state index in [0.29, 0.717) is 6.29 Å². The number of rotatable bonds is 7. The van der Waals surface area contributed by atoms with Gasteiger partial charge in [0.1, 0.15) is 19.8 Å². The van der Waals surface area contributed by atoms with Crippen LogP contribution in [0.3, 0.4) is 0 Å². The molecule has 0 bridgehead atoms. The minimum Gasteiger partial charge on any atom is -0.480 e. The van der Waals surface area contributed by atoms with E-state index < -0.39 is 24.8 Å². The summed E-state index contributed by atoms with van der Waals surface area (Å²) in [6, 6.07) is 0. The molecule has 1 aliphatic heterocycles. The van der Waals surface area contributed by atoms with Crippen molar-refractivity contribution in [1.29, 1.82) is 0 Å². The normalized spacial score (nSPS) is 14.9. The molecule has 0 amide bonds. The number of ether oxygens (including phenoxy) is 4. The molecule has 11 heteroatoms. The minimum atomic E-state index is -1.19. The first-order valence-corrected chi connectivity index (χ1v) is 7.95. The third-order valence-electron chi connectivity index (χ3n) is 2.38. The van der Waals surface area contributed by atoms with E-state index in [2.05, 4.69) is 9.47 Å². The summed E-state index contributed by atoms with van der Waals surface area (Å²) < 4.78 is 18.7. The highest BCUT2D eigenvalue weighted by molar-refractivity contribution is 5.73. The molecule has 0 aromatic carbocycles. The molecule has 0 aromatic heterocycles. The van der Waals surface area contributed by atoms with Crippen LogP contribution < -0.4 is 0 Å². The molecule has 1 fully saturated rings. The van der Waals surface area contributed by atoms with Crippen molar-refractivity contribution in [2.45, 2.75) is 34.0 Å². The summed E-state index contributed by atoms with van der Waals surface area (Å²) >= 11 is 0. The van der Waals surface area contributed by atoms with Crippen LogP contribution in [-0.2, 0) is 42.9 Å². The average Bonchev–Trinajstić information content (AvgIpc) is 3.03. The summed E-state index contributed by atoms with van der Waals surface area (Å²) in [5, 5.41) is 15.0. The molecule has 1 saturated heterocycles. The Labute approximate surface area is 156 Å². The maximum atomic E-state index is 11.0. The number of carboxylic acid groups (broad SMARTS) is 1. The molecule has 1 rings (SSSR count). The summed E-state index contributed by atoms with van der Waals surface area (Å²) in [7, 11) is 0. The number of carbonyl (C=O) groups excluding carboxylic acids is 4. The minimum absolute atomic E-state index is 0.0250. The molecular formula is C16H26O11. The Kier molecular flexibility index (Phi) is 15.5. The van der Waals surface area contributed by atoms with Gasteiger partial charge >= 0.3 is 23.9 Å². The fraction of sp³-hybridized carbons (Fsp3) is 0.688. The number of aliphatic hydroxyl groups is 1. The van der Waals surface area contributed by atoms with Gasteiger partial charge in [-0.2, -0.15) is 0 Å². The number of hydrogen-bond acceptors (Lipinski definition) is 10. The quantitative estimate of drug-likeness (QED) is 0.326. The SMILES string of the molecule is CC(C)C(=O)OCC1OCC(=O)O1.CC(C)C(=O)OCC=O.O=C(O)CO. The number of esters is 3. The monoisotopic (exact) mass is 394 g/mol. The lowest BCUT2D eigenvalue weighted by Crippen LogP contribution is -2.22. The van der Waals surface area contributed by atoms with Gasteiger partial charge in [0.05, 0.1) is 11.8 Å². The molecule has 0 saturated carbocycles. The Hall–Kier alpha value is -2.53. The van der Waals surface area contributed by atoms with Crippen molar-refractivity contribution in [2.75, 3.05) is 26.4 Å². The molecule has 0 spiro atoms. The molecule has 156 valence electrons. The molecule has 2 N–H and O–H groups in total. The molecular weight excluding hydrogens is 368 g/mol. The Morgan fingerprint density at radius 1 is 1.15 bits per heavy atom. The lowest BCUT2D eigenvalue weighted by atomic mass is 10.2. The van der Waals surface area contributed by atoms with Gasteiger partial charge in [0.15, 0.2) is 12.9 Å². The number of aldehydes is 1. The standard InChI is InChI=1S/C8H12O5.C6H10O3.C2H4O3/c1-5(2)8(10)12-4-7-11-3-6(9)13-7;1-5(2)6(8)9-4-3-7;3-1-2(4)5/h5,7H,3-4H2,1-2H3;3,5H,4H2,1-2H3;3H,1H2,(H,4,5). The highest BCUT2D eigenvalue weighted by Crippen LogP contribution is 2.06. The number of aliphatic carboxylic acids is 1. The van der Waals surface area contributed by atoms with Crippen LogP contribution >= 0.6 is 0 Å². The summed E-state index contributed by atoms with van der Waals surface area (Å²) in [4.78, 5) is 50.8. The predicted octanol–water partition coefficient (Wildman–Crippen LogP) is -0.467. The topological polar surface area (TPSA) is 163 Å². The molecule has 1 unspecified atom stereocenters. The zero-order chi connectivity index (χ0) is 21.4. The van der Waals surface area contributed by atoms with E-state index in [9.17, 15) is 19.2 Å². The zero-order valence-corrected chi connectivity index (χ0v) is 15.7. The van der Waals surface area contributed by atoms with E-state index in [1.54, 1.807) is 27.7 Å². The van der Waals surface area contributed by atoms with E-state index in [0.717, 1.165) is 0 Å². The molecule has 0 aliphatic carbocycles. The Morgan fingerprint density at radius 2 is 1.63 bits per heavy atom. The van der Waals surface area contributed by atoms with Gasteiger partial charge in [-0.05, 0) is 0 Å². The fourth-order valence-corrected chi connectivity index (χ4v) is 1.06. The summed E-state index contributed by atoms with van der Waals surface area (Å²) in [5.74, 6) is -2.61. The fourth-order valence-electron chi connectivity index (χ4n) is 1.06. The summed E-state index contributed by atoms with van der Waals surface area (Å²) in [6.07, 6.45) is -0.171. The van der Waals surface area contributed by atoms with Crippen LogP contribution in [-0.4, -0.2) is 73.1 Å². The van der Waals surface area contributed by atoms with Gasteiger partial charge in [-0.1, -0.05) is 27.7 Å². The molecule has 11 nitrogen and oxygen atoms in total. The Balaban J connectivity index is 0. The third kappa shape index (κ3) is 16.7. The average molecular weight is 394 g/mol. The maximum Gasteiger partial charge on any atom is 0.334 e. The van der Waals surface area contributed by atoms with Crippen LogP contribution in [0.4, 0.5) is 0 Å². The third-order valence-corrected chi connectivity index (χ3v) is 2.38. The van der Waals surface area contributed by atoms with Crippen molar-refractivity contribution in [3.05, 3.63) is 0 Å². The van der Waals surface area contributed by atoms with Crippen molar-refractivity contribution in [2.24, 2.45) is 11.8 Å². The van der Waals surface area contributed by atoms with E-state index >= 15 is 0 Å². The first-order chi connectivity index (χ1) is 12.5. The maximum absolute atomic E-state index is 11.0. The Bertz CT molecular complexity index is 485. The number of aliphatic hydroxyl groups excluding tert-OH is 1. The molecule has 0 radical (unpaired) electrons. The van der Waals surface area contributed by atoms with Crippen molar-refractivity contribution in [3.8, 4) is 0 Å². The number of cyclic esters (lactones) is 1. The second kappa shape index (κ2) is 15.7. The van der Waals surface area contributed by atoms with Crippen LogP contribution in [0, 0.1) is 11.8 Å². The first-order valence-electron chi connectivity index (χ1n) is 7.95. The highest BCUT2D eigenvalue weighted by Gasteiger charge is 2.25. The molecule has 1 heterocycles. The lowest BCUT2D eigenvalue weighted by molar-refractivity contribution is -0.164. The highest BCUT2D eigenvalue weighted by atomic mass is 16.8. The van der Waals surface area contributed by atoms with Crippen molar-refractivity contribution >= 4 is 30.2 Å². The predicted molar refractivity (Wildman–Crippen MR) is 88.2 cm³/mol. The number of carbonyl (C=O) groups is 5. The second-order valence-corrected chi connectivity index (χ2v) is 5.52. The summed E-state index contributed by atoms with van der Waals surface area (Å²) in [5.41, 5.74) is 0.